The molecule has 118 valence electrons. The van der Waals surface area contributed by atoms with E-state index >= 15 is 0 Å². The number of methoxy groups -OCH3 is 2. The van der Waals surface area contributed by atoms with Crippen LogP contribution in [-0.2, 0) is 9.53 Å². The van der Waals surface area contributed by atoms with E-state index in [2.05, 4.69) is 5.32 Å². The quantitative estimate of drug-likeness (QED) is 0.671. The van der Waals surface area contributed by atoms with E-state index < -0.39 is 6.10 Å². The molecule has 1 aromatic carbocycles. The highest BCUT2D eigenvalue weighted by molar-refractivity contribution is 5.77. The van der Waals surface area contributed by atoms with Crippen LogP contribution < -0.4 is 14.8 Å². The molecule has 0 bridgehead atoms. The van der Waals surface area contributed by atoms with Crippen LogP contribution in [0.3, 0.4) is 0 Å². The average Bonchev–Trinajstić information content (AvgIpc) is 2.49. The number of carbonyl (C=O) groups excluding carboxylic acids is 1. The lowest BCUT2D eigenvalue weighted by atomic mass is 10.1. The molecule has 0 saturated carbocycles. The van der Waals surface area contributed by atoms with Gasteiger partial charge in [0.2, 0.25) is 0 Å². The van der Waals surface area contributed by atoms with E-state index in [0.717, 1.165) is 12.0 Å². The highest BCUT2D eigenvalue weighted by Gasteiger charge is 2.10. The first kappa shape index (κ1) is 17.3. The summed E-state index contributed by atoms with van der Waals surface area (Å²) in [6, 6.07) is 5.11. The van der Waals surface area contributed by atoms with Gasteiger partial charge in [-0.05, 0) is 31.0 Å². The fourth-order valence-corrected chi connectivity index (χ4v) is 1.70. The molecule has 0 radical (unpaired) electrons. The lowest BCUT2D eigenvalue weighted by Crippen LogP contribution is -2.30. The van der Waals surface area contributed by atoms with Crippen molar-refractivity contribution in [3.05, 3.63) is 23.8 Å². The summed E-state index contributed by atoms with van der Waals surface area (Å²) in [5, 5.41) is 12.3. The second-order valence-electron chi connectivity index (χ2n) is 4.57. The highest BCUT2D eigenvalue weighted by Crippen LogP contribution is 2.30. The predicted octanol–water partition coefficient (Wildman–Crippen LogP) is 1.28. The fraction of sp³-hybridized carbons (Fsp3) is 0.533. The van der Waals surface area contributed by atoms with E-state index in [1.54, 1.807) is 32.2 Å². The molecule has 6 heteroatoms. The number of benzene rings is 1. The number of hydrogen-bond donors (Lipinski definition) is 2. The van der Waals surface area contributed by atoms with Crippen LogP contribution in [0.1, 0.15) is 25.0 Å². The Balaban J connectivity index is 2.49. The summed E-state index contributed by atoms with van der Waals surface area (Å²) in [5.41, 5.74) is 0.725. The van der Waals surface area contributed by atoms with Gasteiger partial charge in [0.25, 0.3) is 5.91 Å². The van der Waals surface area contributed by atoms with E-state index in [1.165, 1.54) is 7.11 Å². The van der Waals surface area contributed by atoms with Crippen molar-refractivity contribution in [3.8, 4) is 11.5 Å². The molecule has 0 spiro atoms. The maximum absolute atomic E-state index is 11.6. The van der Waals surface area contributed by atoms with Gasteiger partial charge in [-0.2, -0.15) is 0 Å². The van der Waals surface area contributed by atoms with Gasteiger partial charge in [0, 0.05) is 20.3 Å². The topological polar surface area (TPSA) is 77.0 Å². The lowest BCUT2D eigenvalue weighted by Gasteiger charge is -2.13. The number of aliphatic hydroxyl groups excluding tert-OH is 1. The smallest absolute Gasteiger partial charge is 0.257 e. The molecule has 0 saturated heterocycles. The van der Waals surface area contributed by atoms with Gasteiger partial charge in [0.15, 0.2) is 18.1 Å². The van der Waals surface area contributed by atoms with Gasteiger partial charge in [0.1, 0.15) is 0 Å². The van der Waals surface area contributed by atoms with Gasteiger partial charge in [0.05, 0.1) is 13.2 Å². The van der Waals surface area contributed by atoms with Gasteiger partial charge in [-0.1, -0.05) is 6.07 Å². The molecule has 1 atom stereocenters. The second-order valence-corrected chi connectivity index (χ2v) is 4.57. The van der Waals surface area contributed by atoms with E-state index in [1.807, 2.05) is 0 Å². The number of hydrogen-bond acceptors (Lipinski definition) is 5. The molecular formula is C15H23NO5. The first-order chi connectivity index (χ1) is 10.1. The van der Waals surface area contributed by atoms with Crippen LogP contribution in [0.2, 0.25) is 0 Å². The molecule has 6 nitrogen and oxygen atoms in total. The molecule has 1 rings (SSSR count). The van der Waals surface area contributed by atoms with Crippen LogP contribution in [0, 0.1) is 0 Å². The Bertz CT molecular complexity index is 448. The van der Waals surface area contributed by atoms with Gasteiger partial charge < -0.3 is 24.6 Å². The number of aliphatic hydroxyl groups is 1. The largest absolute Gasteiger partial charge is 0.493 e. The van der Waals surface area contributed by atoms with Crippen molar-refractivity contribution >= 4 is 5.91 Å². The standard InChI is InChI=1S/C15H23NO5/c1-11(17)12-5-6-13(14(9-12)20-3)21-10-15(18)16-7-4-8-19-2/h5-6,9,11,17H,4,7-8,10H2,1-3H3,(H,16,18)/t11-/m0/s1. The lowest BCUT2D eigenvalue weighted by molar-refractivity contribution is -0.123. The van der Waals surface area contributed by atoms with Crippen molar-refractivity contribution in [1.29, 1.82) is 0 Å². The van der Waals surface area contributed by atoms with Gasteiger partial charge in [-0.15, -0.1) is 0 Å². The SMILES string of the molecule is COCCCNC(=O)COc1ccc([C@H](C)O)cc1OC. The third kappa shape index (κ3) is 6.01. The summed E-state index contributed by atoms with van der Waals surface area (Å²) in [7, 11) is 3.13. The van der Waals surface area contributed by atoms with Crippen molar-refractivity contribution in [1.82, 2.24) is 5.32 Å². The number of ether oxygens (including phenoxy) is 3. The van der Waals surface area contributed by atoms with E-state index in [4.69, 9.17) is 14.2 Å². The zero-order valence-corrected chi connectivity index (χ0v) is 12.7. The average molecular weight is 297 g/mol. The zero-order valence-electron chi connectivity index (χ0n) is 12.7. The highest BCUT2D eigenvalue weighted by atomic mass is 16.5. The van der Waals surface area contributed by atoms with Crippen LogP contribution >= 0.6 is 0 Å². The first-order valence-corrected chi connectivity index (χ1v) is 6.83. The van der Waals surface area contributed by atoms with Gasteiger partial charge in [-0.25, -0.2) is 0 Å². The summed E-state index contributed by atoms with van der Waals surface area (Å²) in [4.78, 5) is 11.6. The van der Waals surface area contributed by atoms with E-state index in [0.29, 0.717) is 24.7 Å². The maximum atomic E-state index is 11.6. The minimum Gasteiger partial charge on any atom is -0.493 e. The Kier molecular flexibility index (Phi) is 7.56. The van der Waals surface area contributed by atoms with Crippen molar-refractivity contribution < 1.29 is 24.1 Å². The Morgan fingerprint density at radius 3 is 2.71 bits per heavy atom. The second kappa shape index (κ2) is 9.20. The molecule has 0 aliphatic carbocycles. The molecule has 0 fully saturated rings. The molecule has 1 aromatic rings. The molecule has 0 aliphatic rings. The molecule has 0 aliphatic heterocycles. The van der Waals surface area contributed by atoms with Crippen LogP contribution in [-0.4, -0.2) is 45.0 Å². The number of carbonyl (C=O) groups is 1. The van der Waals surface area contributed by atoms with Gasteiger partial charge >= 0.3 is 0 Å². The summed E-state index contributed by atoms with van der Waals surface area (Å²) >= 11 is 0. The predicted molar refractivity (Wildman–Crippen MR) is 78.6 cm³/mol. The van der Waals surface area contributed by atoms with Gasteiger partial charge in [-0.3, -0.25) is 4.79 Å². The Morgan fingerprint density at radius 1 is 1.33 bits per heavy atom. The minimum absolute atomic E-state index is 0.0859. The number of amides is 1. The van der Waals surface area contributed by atoms with Crippen LogP contribution in [0.4, 0.5) is 0 Å². The van der Waals surface area contributed by atoms with Crippen molar-refractivity contribution in [2.75, 3.05) is 34.0 Å². The summed E-state index contributed by atoms with van der Waals surface area (Å²) < 4.78 is 15.5. The van der Waals surface area contributed by atoms with Crippen molar-refractivity contribution in [2.45, 2.75) is 19.4 Å². The third-order valence-electron chi connectivity index (χ3n) is 2.88. The Labute approximate surface area is 125 Å². The number of nitrogens with one attached hydrogen (secondary N) is 1. The van der Waals surface area contributed by atoms with Crippen molar-refractivity contribution in [2.24, 2.45) is 0 Å². The fourth-order valence-electron chi connectivity index (χ4n) is 1.70. The first-order valence-electron chi connectivity index (χ1n) is 6.83. The van der Waals surface area contributed by atoms with Crippen LogP contribution in [0.15, 0.2) is 18.2 Å². The van der Waals surface area contributed by atoms with E-state index in [-0.39, 0.29) is 12.5 Å². The van der Waals surface area contributed by atoms with E-state index in [9.17, 15) is 9.90 Å². The van der Waals surface area contributed by atoms with Crippen LogP contribution in [0.25, 0.3) is 0 Å². The molecule has 1 amide bonds. The normalized spacial score (nSPS) is 11.8. The Morgan fingerprint density at radius 2 is 2.10 bits per heavy atom. The molecule has 21 heavy (non-hydrogen) atoms. The molecular weight excluding hydrogens is 274 g/mol. The summed E-state index contributed by atoms with van der Waals surface area (Å²) in [6.45, 7) is 2.74. The summed E-state index contributed by atoms with van der Waals surface area (Å²) in [5.74, 6) is 0.752. The number of rotatable bonds is 9. The molecule has 0 aromatic heterocycles. The molecule has 0 heterocycles. The molecule has 0 unspecified atom stereocenters. The van der Waals surface area contributed by atoms with Crippen LogP contribution in [0.5, 0.6) is 11.5 Å². The molecule has 2 N–H and O–H groups in total. The zero-order chi connectivity index (χ0) is 15.7. The Hall–Kier alpha value is -1.79. The minimum atomic E-state index is -0.586. The maximum Gasteiger partial charge on any atom is 0.257 e. The van der Waals surface area contributed by atoms with Crippen molar-refractivity contribution in [3.63, 3.8) is 0 Å². The third-order valence-corrected chi connectivity index (χ3v) is 2.88. The summed E-state index contributed by atoms with van der Waals surface area (Å²) in [6.07, 6.45) is 0.172. The monoisotopic (exact) mass is 297 g/mol.